The highest BCUT2D eigenvalue weighted by Gasteiger charge is 1.91. The van der Waals surface area contributed by atoms with Crippen molar-refractivity contribution in [2.75, 3.05) is 24.7 Å². The lowest BCUT2D eigenvalue weighted by molar-refractivity contribution is 0.204. The van der Waals surface area contributed by atoms with Crippen molar-refractivity contribution in [2.24, 2.45) is 0 Å². The Balaban J connectivity index is 1.77. The number of fused-ring (bicyclic) bond motifs is 4. The van der Waals surface area contributed by atoms with Crippen molar-refractivity contribution in [3.8, 4) is 47.4 Å². The molecule has 0 N–H and O–H groups in total. The molecule has 0 aliphatic carbocycles. The van der Waals surface area contributed by atoms with Gasteiger partial charge < -0.3 is 4.74 Å². The third kappa shape index (κ3) is 6.13. The van der Waals surface area contributed by atoms with Crippen LogP contribution in [0.4, 0.5) is 0 Å². The molecule has 0 amide bonds. The molecule has 0 saturated heterocycles. The molecule has 0 atom stereocenters. The zero-order chi connectivity index (χ0) is 17.9. The van der Waals surface area contributed by atoms with Gasteiger partial charge in [0.2, 0.25) is 0 Å². The van der Waals surface area contributed by atoms with Crippen LogP contribution in [0.15, 0.2) is 48.5 Å². The van der Waals surface area contributed by atoms with Crippen molar-refractivity contribution >= 4 is 11.8 Å². The summed E-state index contributed by atoms with van der Waals surface area (Å²) in [6.07, 6.45) is 0. The first-order valence-electron chi connectivity index (χ1n) is 8.21. The largest absolute Gasteiger partial charge is 0.356 e. The van der Waals surface area contributed by atoms with Crippen molar-refractivity contribution < 1.29 is 4.74 Å². The minimum Gasteiger partial charge on any atom is -0.356 e. The Morgan fingerprint density at radius 3 is 1.50 bits per heavy atom. The van der Waals surface area contributed by atoms with Crippen LogP contribution in [0.2, 0.25) is 0 Å². The first kappa shape index (κ1) is 17.8. The van der Waals surface area contributed by atoms with Gasteiger partial charge in [0.25, 0.3) is 0 Å². The summed E-state index contributed by atoms with van der Waals surface area (Å²) in [6, 6.07) is 15.9. The van der Waals surface area contributed by atoms with Crippen molar-refractivity contribution in [3.63, 3.8) is 0 Å². The smallest absolute Gasteiger partial charge is 0.109 e. The first-order chi connectivity index (χ1) is 12.9. The van der Waals surface area contributed by atoms with E-state index >= 15 is 0 Å². The van der Waals surface area contributed by atoms with Gasteiger partial charge in [-0.3, -0.25) is 0 Å². The van der Waals surface area contributed by atoms with Crippen molar-refractivity contribution in [1.29, 1.82) is 0 Å². The second kappa shape index (κ2) is 10.1. The van der Waals surface area contributed by atoms with Gasteiger partial charge in [0.15, 0.2) is 0 Å². The Labute approximate surface area is 159 Å². The van der Waals surface area contributed by atoms with Crippen LogP contribution in [0.3, 0.4) is 0 Å². The van der Waals surface area contributed by atoms with E-state index < -0.39 is 0 Å². The van der Waals surface area contributed by atoms with E-state index in [2.05, 4.69) is 47.4 Å². The fourth-order valence-electron chi connectivity index (χ4n) is 2.21. The van der Waals surface area contributed by atoms with Crippen LogP contribution in [0.1, 0.15) is 22.3 Å². The minimum atomic E-state index is 0.354. The summed E-state index contributed by atoms with van der Waals surface area (Å²) in [5.41, 5.74) is 3.83. The summed E-state index contributed by atoms with van der Waals surface area (Å²) in [4.78, 5) is 0. The quantitative estimate of drug-likeness (QED) is 0.671. The number of hydrogen-bond acceptors (Lipinski definition) is 2. The van der Waals surface area contributed by atoms with Gasteiger partial charge >= 0.3 is 0 Å². The van der Waals surface area contributed by atoms with Crippen molar-refractivity contribution in [1.82, 2.24) is 0 Å². The third-order valence-electron chi connectivity index (χ3n) is 3.35. The highest BCUT2D eigenvalue weighted by Crippen LogP contribution is 2.05. The number of thioether (sulfide) groups is 1. The van der Waals surface area contributed by atoms with Gasteiger partial charge in [0, 0.05) is 22.3 Å². The second-order valence-electron chi connectivity index (χ2n) is 5.35. The van der Waals surface area contributed by atoms with Gasteiger partial charge in [0.05, 0.1) is 11.5 Å². The lowest BCUT2D eigenvalue weighted by Crippen LogP contribution is -1.91. The highest BCUT2D eigenvalue weighted by atomic mass is 32.2. The molecule has 1 heterocycles. The zero-order valence-electron chi connectivity index (χ0n) is 14.3. The van der Waals surface area contributed by atoms with E-state index in [0.29, 0.717) is 13.2 Å². The van der Waals surface area contributed by atoms with E-state index in [0.717, 1.165) is 33.8 Å². The van der Waals surface area contributed by atoms with Crippen LogP contribution in [0.25, 0.3) is 0 Å². The number of rotatable bonds is 0. The Kier molecular flexibility index (Phi) is 6.91. The molecule has 0 spiro atoms. The highest BCUT2D eigenvalue weighted by molar-refractivity contribution is 7.99. The molecule has 0 radical (unpaired) electrons. The summed E-state index contributed by atoms with van der Waals surface area (Å²) in [7, 11) is 0. The molecule has 26 heavy (non-hydrogen) atoms. The van der Waals surface area contributed by atoms with E-state index in [9.17, 15) is 0 Å². The average Bonchev–Trinajstić information content (AvgIpc) is 2.66. The standard InChI is InChI=1S/C24H16OS/c1-7-21-11-3-15-25-16-4-12-22-8-2-10-24(20-22)14-6-18-26-17-5-13-23(9-1)19-21/h1-2,7-10,19-20H,15-18H2. The average molecular weight is 352 g/mol. The first-order valence-corrected chi connectivity index (χ1v) is 9.37. The van der Waals surface area contributed by atoms with Crippen LogP contribution in [-0.4, -0.2) is 24.7 Å². The van der Waals surface area contributed by atoms with Crippen LogP contribution in [0.5, 0.6) is 0 Å². The van der Waals surface area contributed by atoms with Crippen LogP contribution >= 0.6 is 11.8 Å². The molecular formula is C24H16OS. The monoisotopic (exact) mass is 352 g/mol. The fraction of sp³-hybridized carbons (Fsp3) is 0.167. The van der Waals surface area contributed by atoms with Crippen LogP contribution < -0.4 is 0 Å². The maximum atomic E-state index is 5.45. The lowest BCUT2D eigenvalue weighted by Gasteiger charge is -1.95. The molecule has 0 saturated carbocycles. The Morgan fingerprint density at radius 1 is 0.615 bits per heavy atom. The Morgan fingerprint density at radius 2 is 1.04 bits per heavy atom. The number of benzene rings is 2. The molecular weight excluding hydrogens is 336 g/mol. The van der Waals surface area contributed by atoms with E-state index in [-0.39, 0.29) is 0 Å². The van der Waals surface area contributed by atoms with Crippen molar-refractivity contribution in [2.45, 2.75) is 0 Å². The minimum absolute atomic E-state index is 0.354. The maximum absolute atomic E-state index is 5.45. The molecule has 0 fully saturated rings. The maximum Gasteiger partial charge on any atom is 0.109 e. The molecule has 124 valence electrons. The van der Waals surface area contributed by atoms with Crippen molar-refractivity contribution in [3.05, 3.63) is 70.8 Å². The molecule has 0 aromatic heterocycles. The topological polar surface area (TPSA) is 9.23 Å². The number of hydrogen-bond donors (Lipinski definition) is 0. The van der Waals surface area contributed by atoms with E-state index in [1.54, 1.807) is 11.8 Å². The van der Waals surface area contributed by atoms with E-state index in [1.807, 2.05) is 48.5 Å². The molecule has 1 aliphatic heterocycles. The van der Waals surface area contributed by atoms with E-state index in [1.165, 1.54) is 0 Å². The number of ether oxygens (including phenoxy) is 1. The Hall–Kier alpha value is -3.01. The van der Waals surface area contributed by atoms with Gasteiger partial charge in [-0.05, 0) is 36.4 Å². The molecule has 2 aromatic carbocycles. The normalized spacial score (nSPS) is 13.2. The molecule has 1 aliphatic rings. The fourth-order valence-corrected chi connectivity index (χ4v) is 2.66. The summed E-state index contributed by atoms with van der Waals surface area (Å²) in [5.74, 6) is 26.4. The van der Waals surface area contributed by atoms with Gasteiger partial charge in [-0.1, -0.05) is 59.5 Å². The van der Waals surface area contributed by atoms with E-state index in [4.69, 9.17) is 4.74 Å². The third-order valence-corrected chi connectivity index (χ3v) is 4.05. The molecule has 4 bridgehead atoms. The summed E-state index contributed by atoms with van der Waals surface area (Å²) in [6.45, 7) is 0.708. The molecule has 0 unspecified atom stereocenters. The van der Waals surface area contributed by atoms with Gasteiger partial charge in [-0.2, -0.15) is 0 Å². The molecule has 2 heteroatoms. The lowest BCUT2D eigenvalue weighted by atomic mass is 10.1. The van der Waals surface area contributed by atoms with Gasteiger partial charge in [0.1, 0.15) is 13.2 Å². The Bertz CT molecular complexity index is 860. The van der Waals surface area contributed by atoms with Crippen LogP contribution in [-0.2, 0) is 4.74 Å². The summed E-state index contributed by atoms with van der Waals surface area (Å²) < 4.78 is 5.45. The SMILES string of the molecule is C1#Cc2cccc(c2)C#CCSCC#Cc2cccc(c2)C#CCOC1. The van der Waals surface area contributed by atoms with Crippen LogP contribution in [0, 0.1) is 47.4 Å². The second-order valence-corrected chi connectivity index (χ2v) is 6.34. The summed E-state index contributed by atoms with van der Waals surface area (Å²) >= 11 is 1.71. The predicted molar refractivity (Wildman–Crippen MR) is 109 cm³/mol. The van der Waals surface area contributed by atoms with Gasteiger partial charge in [-0.15, -0.1) is 11.8 Å². The van der Waals surface area contributed by atoms with Gasteiger partial charge in [-0.25, -0.2) is 0 Å². The zero-order valence-corrected chi connectivity index (χ0v) is 15.1. The molecule has 1 nitrogen and oxygen atoms in total. The molecule has 3 rings (SSSR count). The predicted octanol–water partition coefficient (Wildman–Crippen LogP) is 3.56. The molecule has 2 aromatic rings. The summed E-state index contributed by atoms with van der Waals surface area (Å²) in [5, 5.41) is 0.